The number of hydrogen-bond donors (Lipinski definition) is 0. The minimum Gasteiger partial charge on any atom is -0.384 e. The van der Waals surface area contributed by atoms with Crippen molar-refractivity contribution in [3.63, 3.8) is 0 Å². The second-order valence-corrected chi connectivity index (χ2v) is 5.32. The highest BCUT2D eigenvalue weighted by Crippen LogP contribution is 2.50. The first-order valence-corrected chi connectivity index (χ1v) is 6.19. The average Bonchev–Trinajstić information content (AvgIpc) is 2.55. The van der Waals surface area contributed by atoms with E-state index in [4.69, 9.17) is 4.74 Å². The fourth-order valence-electron chi connectivity index (χ4n) is 3.29. The molecular formula is C16H18O. The summed E-state index contributed by atoms with van der Waals surface area (Å²) in [6.45, 7) is 5.41. The number of benzene rings is 2. The van der Waals surface area contributed by atoms with E-state index in [1.807, 2.05) is 0 Å². The van der Waals surface area contributed by atoms with Gasteiger partial charge in [0.25, 0.3) is 0 Å². The summed E-state index contributed by atoms with van der Waals surface area (Å²) in [5, 5.41) is 2.80. The number of methoxy groups -OCH3 is 1. The van der Waals surface area contributed by atoms with Crippen molar-refractivity contribution >= 4 is 10.8 Å². The van der Waals surface area contributed by atoms with Gasteiger partial charge >= 0.3 is 0 Å². The van der Waals surface area contributed by atoms with Gasteiger partial charge in [0.1, 0.15) is 0 Å². The SMILES string of the molecule is COC[C@@]1(C)c2cccc3cccc(c23)[C@@H]1C. The summed E-state index contributed by atoms with van der Waals surface area (Å²) >= 11 is 0. The lowest BCUT2D eigenvalue weighted by molar-refractivity contribution is 0.129. The van der Waals surface area contributed by atoms with E-state index in [-0.39, 0.29) is 5.41 Å². The molecule has 0 spiro atoms. The minimum absolute atomic E-state index is 0.109. The fourth-order valence-corrected chi connectivity index (χ4v) is 3.29. The van der Waals surface area contributed by atoms with E-state index in [1.54, 1.807) is 7.11 Å². The molecule has 17 heavy (non-hydrogen) atoms. The van der Waals surface area contributed by atoms with Gasteiger partial charge in [0.2, 0.25) is 0 Å². The minimum atomic E-state index is 0.109. The van der Waals surface area contributed by atoms with E-state index in [0.29, 0.717) is 5.92 Å². The normalized spacial score (nSPS) is 26.6. The van der Waals surface area contributed by atoms with Crippen LogP contribution in [0.3, 0.4) is 0 Å². The van der Waals surface area contributed by atoms with Crippen LogP contribution in [0.25, 0.3) is 10.8 Å². The fraction of sp³-hybridized carbons (Fsp3) is 0.375. The van der Waals surface area contributed by atoms with Gasteiger partial charge in [-0.3, -0.25) is 0 Å². The average molecular weight is 226 g/mol. The lowest BCUT2D eigenvalue weighted by Crippen LogP contribution is -2.30. The summed E-state index contributed by atoms with van der Waals surface area (Å²) in [6.07, 6.45) is 0. The zero-order chi connectivity index (χ0) is 12.0. The van der Waals surface area contributed by atoms with Crippen molar-refractivity contribution in [3.05, 3.63) is 47.5 Å². The molecule has 2 atom stereocenters. The summed E-state index contributed by atoms with van der Waals surface area (Å²) in [6, 6.07) is 13.2. The standard InChI is InChI=1S/C16H18O/c1-11-13-8-4-6-12-7-5-9-14(15(12)13)16(11,2)10-17-3/h4-9,11H,10H2,1-3H3/t11-,16+/m0/s1. The van der Waals surface area contributed by atoms with Crippen LogP contribution in [0.4, 0.5) is 0 Å². The van der Waals surface area contributed by atoms with Crippen molar-refractivity contribution in [2.45, 2.75) is 25.2 Å². The molecule has 0 aromatic heterocycles. The molecule has 0 unspecified atom stereocenters. The predicted molar refractivity (Wildman–Crippen MR) is 71.6 cm³/mol. The Bertz CT molecular complexity index is 567. The lowest BCUT2D eigenvalue weighted by atomic mass is 9.76. The second-order valence-electron chi connectivity index (χ2n) is 5.32. The Labute approximate surface area is 102 Å². The third-order valence-electron chi connectivity index (χ3n) is 4.42. The van der Waals surface area contributed by atoms with Crippen LogP contribution in [0, 0.1) is 0 Å². The van der Waals surface area contributed by atoms with Gasteiger partial charge in [0, 0.05) is 12.5 Å². The van der Waals surface area contributed by atoms with Gasteiger partial charge in [-0.15, -0.1) is 0 Å². The topological polar surface area (TPSA) is 9.23 Å². The molecule has 1 heteroatoms. The number of ether oxygens (including phenoxy) is 1. The molecule has 88 valence electrons. The van der Waals surface area contributed by atoms with Crippen LogP contribution >= 0.6 is 0 Å². The van der Waals surface area contributed by atoms with Gasteiger partial charge in [0.15, 0.2) is 0 Å². The molecule has 2 aromatic rings. The Balaban J connectivity index is 2.34. The van der Waals surface area contributed by atoms with Crippen molar-refractivity contribution in [2.24, 2.45) is 0 Å². The monoisotopic (exact) mass is 226 g/mol. The highest BCUT2D eigenvalue weighted by atomic mass is 16.5. The molecule has 0 N–H and O–H groups in total. The summed E-state index contributed by atoms with van der Waals surface area (Å²) in [4.78, 5) is 0. The molecule has 0 saturated carbocycles. The van der Waals surface area contributed by atoms with Crippen molar-refractivity contribution in [1.82, 2.24) is 0 Å². The molecule has 1 aliphatic carbocycles. The second kappa shape index (κ2) is 3.58. The molecule has 0 amide bonds. The van der Waals surface area contributed by atoms with Crippen LogP contribution in [-0.4, -0.2) is 13.7 Å². The molecular weight excluding hydrogens is 208 g/mol. The Morgan fingerprint density at radius 2 is 1.88 bits per heavy atom. The van der Waals surface area contributed by atoms with E-state index in [0.717, 1.165) is 6.61 Å². The van der Waals surface area contributed by atoms with Crippen LogP contribution in [0.2, 0.25) is 0 Å². The zero-order valence-corrected chi connectivity index (χ0v) is 10.7. The van der Waals surface area contributed by atoms with Crippen LogP contribution in [0.1, 0.15) is 30.9 Å². The van der Waals surface area contributed by atoms with Crippen molar-refractivity contribution in [1.29, 1.82) is 0 Å². The predicted octanol–water partition coefficient (Wildman–Crippen LogP) is 3.86. The first kappa shape index (κ1) is 10.8. The van der Waals surface area contributed by atoms with Crippen LogP contribution in [-0.2, 0) is 10.2 Å². The zero-order valence-electron chi connectivity index (χ0n) is 10.7. The maximum Gasteiger partial charge on any atom is 0.0562 e. The first-order valence-electron chi connectivity index (χ1n) is 6.19. The van der Waals surface area contributed by atoms with Gasteiger partial charge in [-0.25, -0.2) is 0 Å². The first-order chi connectivity index (χ1) is 8.18. The van der Waals surface area contributed by atoms with Crippen LogP contribution in [0.15, 0.2) is 36.4 Å². The summed E-state index contributed by atoms with van der Waals surface area (Å²) in [5.41, 5.74) is 3.02. The quantitative estimate of drug-likeness (QED) is 0.755. The number of hydrogen-bond acceptors (Lipinski definition) is 1. The van der Waals surface area contributed by atoms with E-state index in [1.165, 1.54) is 21.9 Å². The summed E-state index contributed by atoms with van der Waals surface area (Å²) < 4.78 is 5.46. The van der Waals surface area contributed by atoms with Gasteiger partial charge in [-0.2, -0.15) is 0 Å². The Hall–Kier alpha value is -1.34. The van der Waals surface area contributed by atoms with Gasteiger partial charge < -0.3 is 4.74 Å². The third kappa shape index (κ3) is 1.29. The molecule has 0 bridgehead atoms. The van der Waals surface area contributed by atoms with Crippen molar-refractivity contribution in [3.8, 4) is 0 Å². The smallest absolute Gasteiger partial charge is 0.0562 e. The van der Waals surface area contributed by atoms with E-state index in [2.05, 4.69) is 50.2 Å². The molecule has 0 fully saturated rings. The molecule has 0 heterocycles. The molecule has 0 aliphatic heterocycles. The largest absolute Gasteiger partial charge is 0.384 e. The Morgan fingerprint density at radius 3 is 2.59 bits per heavy atom. The maximum atomic E-state index is 5.46. The highest BCUT2D eigenvalue weighted by molar-refractivity contribution is 5.93. The Kier molecular flexibility index (Phi) is 2.27. The lowest BCUT2D eigenvalue weighted by Gasteiger charge is -2.30. The third-order valence-corrected chi connectivity index (χ3v) is 4.42. The van der Waals surface area contributed by atoms with Gasteiger partial charge in [-0.1, -0.05) is 50.2 Å². The molecule has 3 rings (SSSR count). The molecule has 0 saturated heterocycles. The van der Waals surface area contributed by atoms with E-state index in [9.17, 15) is 0 Å². The Morgan fingerprint density at radius 1 is 1.18 bits per heavy atom. The summed E-state index contributed by atoms with van der Waals surface area (Å²) in [5.74, 6) is 0.517. The van der Waals surface area contributed by atoms with E-state index >= 15 is 0 Å². The molecule has 1 aliphatic rings. The van der Waals surface area contributed by atoms with Crippen LogP contribution in [0.5, 0.6) is 0 Å². The van der Waals surface area contributed by atoms with Gasteiger partial charge in [-0.05, 0) is 27.8 Å². The van der Waals surface area contributed by atoms with Crippen molar-refractivity contribution in [2.75, 3.05) is 13.7 Å². The van der Waals surface area contributed by atoms with Crippen LogP contribution < -0.4 is 0 Å². The molecule has 1 nitrogen and oxygen atoms in total. The maximum absolute atomic E-state index is 5.46. The van der Waals surface area contributed by atoms with E-state index < -0.39 is 0 Å². The molecule has 2 aromatic carbocycles. The summed E-state index contributed by atoms with van der Waals surface area (Å²) in [7, 11) is 1.79. The highest BCUT2D eigenvalue weighted by Gasteiger charge is 2.41. The molecule has 0 radical (unpaired) electrons. The number of rotatable bonds is 2. The van der Waals surface area contributed by atoms with Gasteiger partial charge in [0.05, 0.1) is 6.61 Å². The van der Waals surface area contributed by atoms with Crippen molar-refractivity contribution < 1.29 is 4.74 Å².